The van der Waals surface area contributed by atoms with E-state index in [0.717, 1.165) is 0 Å². The van der Waals surface area contributed by atoms with Crippen LogP contribution in [0.1, 0.15) is 20.3 Å². The van der Waals surface area contributed by atoms with Crippen molar-refractivity contribution in [2.45, 2.75) is 26.3 Å². The van der Waals surface area contributed by atoms with Crippen LogP contribution in [-0.2, 0) is 4.79 Å². The Labute approximate surface area is 84.0 Å². The zero-order valence-corrected chi connectivity index (χ0v) is 8.62. The minimum absolute atomic E-state index is 0.136. The first kappa shape index (κ1) is 10.8. The van der Waals surface area contributed by atoms with E-state index in [-0.39, 0.29) is 18.0 Å². The fourth-order valence-corrected chi connectivity index (χ4v) is 1.51. The third-order valence-electron chi connectivity index (χ3n) is 2.13. The van der Waals surface area contributed by atoms with Gasteiger partial charge in [0.05, 0.1) is 0 Å². The Morgan fingerprint density at radius 2 is 2.21 bits per heavy atom. The van der Waals surface area contributed by atoms with Gasteiger partial charge in [0.15, 0.2) is 0 Å². The molecule has 0 spiro atoms. The molecule has 1 aliphatic heterocycles. The fraction of sp³-hybridized carbons (Fsp3) is 0.600. The number of carbonyl (C=O) groups is 2. The minimum atomic E-state index is -0.345. The molecule has 4 nitrogen and oxygen atoms in total. The number of urea groups is 1. The highest BCUT2D eigenvalue weighted by Crippen LogP contribution is 2.13. The van der Waals surface area contributed by atoms with Crippen LogP contribution in [0.5, 0.6) is 0 Å². The van der Waals surface area contributed by atoms with Gasteiger partial charge in [0.1, 0.15) is 6.04 Å². The largest absolute Gasteiger partial charge is 0.326 e. The van der Waals surface area contributed by atoms with Crippen LogP contribution in [0.25, 0.3) is 0 Å². The highest BCUT2D eigenvalue weighted by atomic mass is 16.2. The maximum Gasteiger partial charge on any atom is 0.325 e. The van der Waals surface area contributed by atoms with E-state index in [1.165, 1.54) is 4.90 Å². The van der Waals surface area contributed by atoms with Crippen molar-refractivity contribution in [2.75, 3.05) is 6.54 Å². The Kier molecular flexibility index (Phi) is 3.28. The van der Waals surface area contributed by atoms with Gasteiger partial charge in [-0.1, -0.05) is 19.9 Å². The molecule has 1 N–H and O–H groups in total. The first-order chi connectivity index (χ1) is 6.56. The van der Waals surface area contributed by atoms with Crippen molar-refractivity contribution in [3.8, 4) is 0 Å². The number of imide groups is 1. The zero-order valence-electron chi connectivity index (χ0n) is 8.62. The quantitative estimate of drug-likeness (QED) is 0.541. The lowest BCUT2D eigenvalue weighted by atomic mass is 10.0. The molecule has 0 unspecified atom stereocenters. The predicted octanol–water partition coefficient (Wildman–Crippen LogP) is 1.14. The maximum absolute atomic E-state index is 11.6. The SMILES string of the molecule is C=CCN1C(=O)N[C@@H](CC(C)C)C1=O. The molecular weight excluding hydrogens is 180 g/mol. The summed E-state index contributed by atoms with van der Waals surface area (Å²) in [6.07, 6.45) is 2.24. The van der Waals surface area contributed by atoms with Crippen LogP contribution in [0.2, 0.25) is 0 Å². The van der Waals surface area contributed by atoms with Gasteiger partial charge in [-0.15, -0.1) is 6.58 Å². The maximum atomic E-state index is 11.6. The van der Waals surface area contributed by atoms with E-state index < -0.39 is 0 Å². The predicted molar refractivity (Wildman–Crippen MR) is 53.7 cm³/mol. The van der Waals surface area contributed by atoms with E-state index in [4.69, 9.17) is 0 Å². The first-order valence-electron chi connectivity index (χ1n) is 4.79. The van der Waals surface area contributed by atoms with E-state index in [0.29, 0.717) is 18.9 Å². The lowest BCUT2D eigenvalue weighted by Gasteiger charge is -2.11. The van der Waals surface area contributed by atoms with Crippen LogP contribution in [0.15, 0.2) is 12.7 Å². The topological polar surface area (TPSA) is 49.4 Å². The smallest absolute Gasteiger partial charge is 0.325 e. The fourth-order valence-electron chi connectivity index (χ4n) is 1.51. The summed E-state index contributed by atoms with van der Waals surface area (Å²) in [6, 6.07) is -0.650. The second kappa shape index (κ2) is 4.26. The minimum Gasteiger partial charge on any atom is -0.326 e. The van der Waals surface area contributed by atoms with Crippen molar-refractivity contribution in [1.29, 1.82) is 0 Å². The van der Waals surface area contributed by atoms with Crippen LogP contribution in [0, 0.1) is 5.92 Å². The average molecular weight is 196 g/mol. The standard InChI is InChI=1S/C10H16N2O2/c1-4-5-12-9(13)8(6-7(2)3)11-10(12)14/h4,7-8H,1,5-6H2,2-3H3,(H,11,14)/t8-/m0/s1. The summed E-state index contributed by atoms with van der Waals surface area (Å²) in [7, 11) is 0. The summed E-state index contributed by atoms with van der Waals surface area (Å²) in [4.78, 5) is 24.1. The molecule has 3 amide bonds. The molecule has 1 heterocycles. The molecule has 14 heavy (non-hydrogen) atoms. The third-order valence-corrected chi connectivity index (χ3v) is 2.13. The summed E-state index contributed by atoms with van der Waals surface area (Å²) in [5, 5.41) is 2.66. The first-order valence-corrected chi connectivity index (χ1v) is 4.79. The van der Waals surface area contributed by atoms with Gasteiger partial charge < -0.3 is 5.32 Å². The van der Waals surface area contributed by atoms with E-state index in [9.17, 15) is 9.59 Å². The molecular formula is C10H16N2O2. The molecule has 1 fully saturated rings. The van der Waals surface area contributed by atoms with Gasteiger partial charge >= 0.3 is 6.03 Å². The van der Waals surface area contributed by atoms with Gasteiger partial charge in [-0.25, -0.2) is 4.79 Å². The Morgan fingerprint density at radius 1 is 1.57 bits per heavy atom. The lowest BCUT2D eigenvalue weighted by molar-refractivity contribution is -0.127. The number of rotatable bonds is 4. The summed E-state index contributed by atoms with van der Waals surface area (Å²) < 4.78 is 0. The Morgan fingerprint density at radius 3 is 2.71 bits per heavy atom. The van der Waals surface area contributed by atoms with Crippen molar-refractivity contribution < 1.29 is 9.59 Å². The molecule has 0 radical (unpaired) electrons. The van der Waals surface area contributed by atoms with Gasteiger partial charge in [-0.2, -0.15) is 0 Å². The molecule has 4 heteroatoms. The molecule has 0 aromatic rings. The molecule has 78 valence electrons. The third kappa shape index (κ3) is 2.13. The van der Waals surface area contributed by atoms with Crippen LogP contribution in [-0.4, -0.2) is 29.4 Å². The Balaban J connectivity index is 2.64. The van der Waals surface area contributed by atoms with Crippen molar-refractivity contribution in [3.05, 3.63) is 12.7 Å². The van der Waals surface area contributed by atoms with Gasteiger partial charge in [0.2, 0.25) is 0 Å². The monoisotopic (exact) mass is 196 g/mol. The molecule has 0 aliphatic carbocycles. The number of amides is 3. The van der Waals surface area contributed by atoms with Crippen LogP contribution in [0.4, 0.5) is 4.79 Å². The summed E-state index contributed by atoms with van der Waals surface area (Å²) >= 11 is 0. The second-order valence-electron chi connectivity index (χ2n) is 3.87. The highest BCUT2D eigenvalue weighted by Gasteiger charge is 2.36. The normalized spacial score (nSPS) is 21.6. The highest BCUT2D eigenvalue weighted by molar-refractivity contribution is 6.04. The lowest BCUT2D eigenvalue weighted by Crippen LogP contribution is -2.32. The number of nitrogens with one attached hydrogen (secondary N) is 1. The molecule has 1 saturated heterocycles. The molecule has 0 aromatic carbocycles. The van der Waals surface area contributed by atoms with E-state index in [2.05, 4.69) is 11.9 Å². The average Bonchev–Trinajstić information content (AvgIpc) is 2.32. The summed E-state index contributed by atoms with van der Waals surface area (Å²) in [5.74, 6) is 0.261. The molecule has 0 aromatic heterocycles. The number of hydrogen-bond acceptors (Lipinski definition) is 2. The van der Waals surface area contributed by atoms with Crippen LogP contribution in [0.3, 0.4) is 0 Å². The van der Waals surface area contributed by atoms with Crippen molar-refractivity contribution >= 4 is 11.9 Å². The number of carbonyl (C=O) groups excluding carboxylic acids is 2. The molecule has 1 atom stereocenters. The molecule has 0 bridgehead atoms. The van der Waals surface area contributed by atoms with Gasteiger partial charge in [-0.05, 0) is 12.3 Å². The van der Waals surface area contributed by atoms with E-state index in [1.807, 2.05) is 13.8 Å². The Bertz CT molecular complexity index is 261. The zero-order chi connectivity index (χ0) is 10.7. The molecule has 0 saturated carbocycles. The Hall–Kier alpha value is -1.32. The van der Waals surface area contributed by atoms with E-state index >= 15 is 0 Å². The second-order valence-corrected chi connectivity index (χ2v) is 3.87. The number of hydrogen-bond donors (Lipinski definition) is 1. The molecule has 1 aliphatic rings. The molecule has 1 rings (SSSR count). The van der Waals surface area contributed by atoms with E-state index in [1.54, 1.807) is 6.08 Å². The number of nitrogens with zero attached hydrogens (tertiary/aromatic N) is 1. The van der Waals surface area contributed by atoms with Crippen molar-refractivity contribution in [3.63, 3.8) is 0 Å². The van der Waals surface area contributed by atoms with Crippen molar-refractivity contribution in [2.24, 2.45) is 5.92 Å². The van der Waals surface area contributed by atoms with Crippen LogP contribution >= 0.6 is 0 Å². The van der Waals surface area contributed by atoms with Gasteiger partial charge in [0, 0.05) is 6.54 Å². The van der Waals surface area contributed by atoms with Crippen LogP contribution < -0.4 is 5.32 Å². The van der Waals surface area contributed by atoms with Gasteiger partial charge in [0.25, 0.3) is 5.91 Å². The summed E-state index contributed by atoms with van der Waals surface area (Å²) in [5.41, 5.74) is 0. The summed E-state index contributed by atoms with van der Waals surface area (Å²) in [6.45, 7) is 7.84. The van der Waals surface area contributed by atoms with Gasteiger partial charge in [-0.3, -0.25) is 9.69 Å². The van der Waals surface area contributed by atoms with Crippen molar-refractivity contribution in [1.82, 2.24) is 10.2 Å².